The van der Waals surface area contributed by atoms with E-state index in [1.54, 1.807) is 42.1 Å². The van der Waals surface area contributed by atoms with E-state index in [0.29, 0.717) is 5.69 Å². The summed E-state index contributed by atoms with van der Waals surface area (Å²) in [5.41, 5.74) is 1.93. The molecule has 1 aromatic heterocycles. The number of nitrogens with zero attached hydrogens (tertiary/aromatic N) is 2. The number of imidazole rings is 1. The van der Waals surface area contributed by atoms with Gasteiger partial charge < -0.3 is 4.57 Å². The van der Waals surface area contributed by atoms with Crippen LogP contribution in [-0.2, 0) is 0 Å². The molecular weight excluding hydrogens is 243 g/mol. The van der Waals surface area contributed by atoms with Gasteiger partial charge in [-0.05, 0) is 31.5 Å². The highest BCUT2D eigenvalue weighted by molar-refractivity contribution is 5.62. The van der Waals surface area contributed by atoms with Gasteiger partial charge in [-0.25, -0.2) is 4.98 Å². The van der Waals surface area contributed by atoms with Gasteiger partial charge in [0.15, 0.2) is 0 Å². The van der Waals surface area contributed by atoms with E-state index in [0.717, 1.165) is 11.3 Å². The van der Waals surface area contributed by atoms with Crippen LogP contribution in [0.3, 0.4) is 0 Å². The predicted octanol–water partition coefficient (Wildman–Crippen LogP) is 3.42. The van der Waals surface area contributed by atoms with Crippen molar-refractivity contribution in [2.75, 3.05) is 5.32 Å². The molecule has 0 bridgehead atoms. The molecule has 96 valence electrons. The molecule has 0 saturated heterocycles. The smallest absolute Gasteiger partial charge is 0.304 e. The van der Waals surface area contributed by atoms with Crippen molar-refractivity contribution in [1.29, 1.82) is 0 Å². The molecule has 1 N–H and O–H groups in total. The normalized spacial score (nSPS) is 11.6. The van der Waals surface area contributed by atoms with E-state index in [9.17, 15) is 13.2 Å². The summed E-state index contributed by atoms with van der Waals surface area (Å²) >= 11 is 0. The third-order valence-corrected chi connectivity index (χ3v) is 2.42. The van der Waals surface area contributed by atoms with Gasteiger partial charge in [-0.2, -0.15) is 13.2 Å². The molecule has 0 aliphatic carbocycles. The highest BCUT2D eigenvalue weighted by atomic mass is 19.4. The molecule has 1 heterocycles. The van der Waals surface area contributed by atoms with Crippen molar-refractivity contribution in [3.63, 3.8) is 0 Å². The Morgan fingerprint density at radius 2 is 1.94 bits per heavy atom. The SMILES string of the molecule is Cc1ccc(-n2cnc(C)c2)c(NC(F)(F)F)c1. The second kappa shape index (κ2) is 4.36. The van der Waals surface area contributed by atoms with Gasteiger partial charge in [-0.15, -0.1) is 0 Å². The number of benzene rings is 1. The number of aromatic nitrogens is 2. The largest absolute Gasteiger partial charge is 0.482 e. The number of hydrogen-bond acceptors (Lipinski definition) is 2. The van der Waals surface area contributed by atoms with Crippen LogP contribution < -0.4 is 5.32 Å². The van der Waals surface area contributed by atoms with Crippen LogP contribution in [0, 0.1) is 13.8 Å². The van der Waals surface area contributed by atoms with Gasteiger partial charge in [0.1, 0.15) is 0 Å². The maximum Gasteiger partial charge on any atom is 0.482 e. The van der Waals surface area contributed by atoms with Crippen LogP contribution >= 0.6 is 0 Å². The van der Waals surface area contributed by atoms with Gasteiger partial charge in [0.05, 0.1) is 23.4 Å². The van der Waals surface area contributed by atoms with Crippen molar-refractivity contribution >= 4 is 5.69 Å². The lowest BCUT2D eigenvalue weighted by Crippen LogP contribution is -2.21. The van der Waals surface area contributed by atoms with Crippen molar-refractivity contribution in [1.82, 2.24) is 9.55 Å². The number of anilines is 1. The van der Waals surface area contributed by atoms with Crippen molar-refractivity contribution in [2.45, 2.75) is 20.1 Å². The zero-order chi connectivity index (χ0) is 13.3. The highest BCUT2D eigenvalue weighted by Crippen LogP contribution is 2.27. The van der Waals surface area contributed by atoms with E-state index in [2.05, 4.69) is 4.98 Å². The van der Waals surface area contributed by atoms with Gasteiger partial charge in [0.25, 0.3) is 0 Å². The molecule has 0 amide bonds. The molecule has 18 heavy (non-hydrogen) atoms. The minimum Gasteiger partial charge on any atom is -0.304 e. The van der Waals surface area contributed by atoms with Crippen molar-refractivity contribution in [3.8, 4) is 5.69 Å². The Hall–Kier alpha value is -1.98. The molecule has 1 aromatic carbocycles. The monoisotopic (exact) mass is 255 g/mol. The number of halogens is 3. The fourth-order valence-corrected chi connectivity index (χ4v) is 1.68. The van der Waals surface area contributed by atoms with Crippen molar-refractivity contribution < 1.29 is 13.2 Å². The first-order valence-corrected chi connectivity index (χ1v) is 5.32. The minimum absolute atomic E-state index is 0.0138. The average Bonchev–Trinajstić information content (AvgIpc) is 2.62. The molecule has 6 heteroatoms. The summed E-state index contributed by atoms with van der Waals surface area (Å²) in [7, 11) is 0. The molecular formula is C12H12F3N3. The number of rotatable bonds is 2. The van der Waals surface area contributed by atoms with Gasteiger partial charge >= 0.3 is 6.30 Å². The first-order valence-electron chi connectivity index (χ1n) is 5.32. The summed E-state index contributed by atoms with van der Waals surface area (Å²) in [6.07, 6.45) is -1.30. The van der Waals surface area contributed by atoms with Crippen LogP contribution in [0.1, 0.15) is 11.3 Å². The lowest BCUT2D eigenvalue weighted by Gasteiger charge is -2.15. The molecule has 0 radical (unpaired) electrons. The van der Waals surface area contributed by atoms with E-state index in [4.69, 9.17) is 0 Å². The maximum atomic E-state index is 12.4. The fourth-order valence-electron chi connectivity index (χ4n) is 1.68. The van der Waals surface area contributed by atoms with Crippen LogP contribution in [0.5, 0.6) is 0 Å². The molecule has 0 aliphatic rings. The van der Waals surface area contributed by atoms with Crippen LogP contribution in [0.25, 0.3) is 5.69 Å². The van der Waals surface area contributed by atoms with Gasteiger partial charge in [-0.3, -0.25) is 5.32 Å². The van der Waals surface area contributed by atoms with Gasteiger partial charge in [-0.1, -0.05) is 6.07 Å². The average molecular weight is 255 g/mol. The summed E-state index contributed by atoms with van der Waals surface area (Å²) in [4.78, 5) is 4.01. The lowest BCUT2D eigenvalue weighted by atomic mass is 10.2. The standard InChI is InChI=1S/C12H12F3N3/c1-8-3-4-11(18-6-9(2)16-7-18)10(5-8)17-12(13,14)15/h3-7,17H,1-2H3. The Kier molecular flexibility index (Phi) is 3.02. The second-order valence-corrected chi connectivity index (χ2v) is 4.07. The zero-order valence-corrected chi connectivity index (χ0v) is 9.92. The second-order valence-electron chi connectivity index (χ2n) is 4.07. The van der Waals surface area contributed by atoms with Crippen LogP contribution in [0.15, 0.2) is 30.7 Å². The number of aryl methyl sites for hydroxylation is 2. The Bertz CT molecular complexity index is 558. The molecule has 2 rings (SSSR count). The third-order valence-electron chi connectivity index (χ3n) is 2.42. The molecule has 3 nitrogen and oxygen atoms in total. The fraction of sp³-hybridized carbons (Fsp3) is 0.250. The molecule has 0 unspecified atom stereocenters. The lowest BCUT2D eigenvalue weighted by molar-refractivity contribution is -0.0999. The molecule has 0 spiro atoms. The predicted molar refractivity (Wildman–Crippen MR) is 62.7 cm³/mol. The first kappa shape index (κ1) is 12.5. The Labute approximate surface area is 102 Å². The first-order chi connectivity index (χ1) is 8.35. The van der Waals surface area contributed by atoms with E-state index < -0.39 is 6.30 Å². The molecule has 0 fully saturated rings. The highest BCUT2D eigenvalue weighted by Gasteiger charge is 2.28. The molecule has 2 aromatic rings. The van der Waals surface area contributed by atoms with Crippen molar-refractivity contribution in [2.24, 2.45) is 0 Å². The summed E-state index contributed by atoms with van der Waals surface area (Å²) < 4.78 is 38.9. The molecule has 0 aliphatic heterocycles. The van der Waals surface area contributed by atoms with Gasteiger partial charge in [0.2, 0.25) is 0 Å². The van der Waals surface area contributed by atoms with Gasteiger partial charge in [0, 0.05) is 6.20 Å². The number of alkyl halides is 3. The number of hydrogen-bond donors (Lipinski definition) is 1. The quantitative estimate of drug-likeness (QED) is 0.833. The summed E-state index contributed by atoms with van der Waals surface area (Å²) in [6, 6.07) is 4.84. The molecule has 0 atom stereocenters. The van der Waals surface area contributed by atoms with Crippen LogP contribution in [0.2, 0.25) is 0 Å². The Morgan fingerprint density at radius 1 is 1.22 bits per heavy atom. The molecule has 0 saturated carbocycles. The number of nitrogens with one attached hydrogen (secondary N) is 1. The summed E-state index contributed by atoms with van der Waals surface area (Å²) in [5.74, 6) is 0. The van der Waals surface area contributed by atoms with Crippen molar-refractivity contribution in [3.05, 3.63) is 42.0 Å². The maximum absolute atomic E-state index is 12.4. The minimum atomic E-state index is -4.46. The van der Waals surface area contributed by atoms with E-state index >= 15 is 0 Å². The Morgan fingerprint density at radius 3 is 2.50 bits per heavy atom. The van der Waals surface area contributed by atoms with E-state index in [-0.39, 0.29) is 5.69 Å². The Balaban J connectivity index is 2.47. The van der Waals surface area contributed by atoms with E-state index in [1.807, 2.05) is 0 Å². The third kappa shape index (κ3) is 2.82. The van der Waals surface area contributed by atoms with E-state index in [1.165, 1.54) is 12.4 Å². The van der Waals surface area contributed by atoms with Crippen LogP contribution in [-0.4, -0.2) is 15.9 Å². The van der Waals surface area contributed by atoms with Crippen LogP contribution in [0.4, 0.5) is 18.9 Å². The zero-order valence-electron chi connectivity index (χ0n) is 9.92. The summed E-state index contributed by atoms with van der Waals surface area (Å²) in [6.45, 7) is 3.52. The topological polar surface area (TPSA) is 29.9 Å². The summed E-state index contributed by atoms with van der Waals surface area (Å²) in [5, 5.41) is 1.55.